The molecule has 0 spiro atoms. The highest BCUT2D eigenvalue weighted by atomic mass is 16.5. The van der Waals surface area contributed by atoms with Gasteiger partial charge in [-0.25, -0.2) is 0 Å². The molecule has 0 unspecified atom stereocenters. The van der Waals surface area contributed by atoms with E-state index in [1.165, 1.54) is 7.11 Å². The predicted molar refractivity (Wildman–Crippen MR) is 57.0 cm³/mol. The maximum atomic E-state index is 9.09. The van der Waals surface area contributed by atoms with Crippen molar-refractivity contribution in [1.29, 1.82) is 0 Å². The molecule has 15 heavy (non-hydrogen) atoms. The number of hydrogen-bond acceptors (Lipinski definition) is 5. The summed E-state index contributed by atoms with van der Waals surface area (Å²) in [7, 11) is 1.53. The van der Waals surface area contributed by atoms with Gasteiger partial charge in [0.15, 0.2) is 0 Å². The second-order valence-electron chi connectivity index (χ2n) is 3.57. The third kappa shape index (κ3) is 3.07. The quantitative estimate of drug-likeness (QED) is 0.652. The van der Waals surface area contributed by atoms with Crippen molar-refractivity contribution in [1.82, 2.24) is 4.98 Å². The van der Waals surface area contributed by atoms with Crippen LogP contribution in [0.5, 0.6) is 5.88 Å². The van der Waals surface area contributed by atoms with Gasteiger partial charge >= 0.3 is 0 Å². The Morgan fingerprint density at radius 2 is 2.07 bits per heavy atom. The number of anilines is 1. The summed E-state index contributed by atoms with van der Waals surface area (Å²) in [5.41, 5.74) is -0.778. The van der Waals surface area contributed by atoms with E-state index in [1.54, 1.807) is 25.1 Å². The molecule has 0 atom stereocenters. The summed E-state index contributed by atoms with van der Waals surface area (Å²) in [5, 5.41) is 21.1. The van der Waals surface area contributed by atoms with Crippen molar-refractivity contribution in [3.8, 4) is 5.88 Å². The summed E-state index contributed by atoms with van der Waals surface area (Å²) in [6.45, 7) is 1.35. The first-order chi connectivity index (χ1) is 7.13. The molecule has 3 N–H and O–H groups in total. The highest BCUT2D eigenvalue weighted by Gasteiger charge is 2.22. The zero-order valence-corrected chi connectivity index (χ0v) is 8.90. The smallest absolute Gasteiger partial charge is 0.214 e. The molecule has 0 saturated carbocycles. The molecule has 1 heterocycles. The molecule has 5 heteroatoms. The third-order valence-electron chi connectivity index (χ3n) is 2.06. The summed E-state index contributed by atoms with van der Waals surface area (Å²) < 4.78 is 4.96. The molecule has 0 bridgehead atoms. The molecule has 0 amide bonds. The number of nitrogens with zero attached hydrogens (tertiary/aromatic N) is 1. The lowest BCUT2D eigenvalue weighted by Gasteiger charge is -2.26. The van der Waals surface area contributed by atoms with Crippen molar-refractivity contribution >= 4 is 5.82 Å². The van der Waals surface area contributed by atoms with Gasteiger partial charge in [0.2, 0.25) is 5.88 Å². The van der Waals surface area contributed by atoms with Gasteiger partial charge in [-0.05, 0) is 13.0 Å². The average Bonchev–Trinajstić information content (AvgIpc) is 2.29. The molecule has 0 aromatic carbocycles. The summed E-state index contributed by atoms with van der Waals surface area (Å²) in [5.74, 6) is 1.04. The molecule has 0 fully saturated rings. The number of methoxy groups -OCH3 is 1. The van der Waals surface area contributed by atoms with Crippen molar-refractivity contribution < 1.29 is 14.9 Å². The van der Waals surface area contributed by atoms with Crippen LogP contribution in [0.25, 0.3) is 0 Å². The van der Waals surface area contributed by atoms with Gasteiger partial charge in [-0.15, -0.1) is 0 Å². The Hall–Kier alpha value is -1.33. The zero-order chi connectivity index (χ0) is 11.3. The normalized spacial score (nSPS) is 11.2. The second kappa shape index (κ2) is 4.95. The van der Waals surface area contributed by atoms with Crippen LogP contribution >= 0.6 is 0 Å². The van der Waals surface area contributed by atoms with Gasteiger partial charge < -0.3 is 20.3 Å². The number of hydrogen-bond donors (Lipinski definition) is 3. The van der Waals surface area contributed by atoms with Crippen LogP contribution in [0.3, 0.4) is 0 Å². The Balaban J connectivity index is 2.79. The van der Waals surface area contributed by atoms with Crippen LogP contribution in [0.2, 0.25) is 0 Å². The molecule has 5 nitrogen and oxygen atoms in total. The average molecular weight is 212 g/mol. The van der Waals surface area contributed by atoms with Gasteiger partial charge in [0.25, 0.3) is 0 Å². The zero-order valence-electron chi connectivity index (χ0n) is 8.90. The van der Waals surface area contributed by atoms with E-state index in [4.69, 9.17) is 14.9 Å². The third-order valence-corrected chi connectivity index (χ3v) is 2.06. The monoisotopic (exact) mass is 212 g/mol. The van der Waals surface area contributed by atoms with Crippen molar-refractivity contribution in [3.05, 3.63) is 18.2 Å². The highest BCUT2D eigenvalue weighted by molar-refractivity contribution is 5.39. The van der Waals surface area contributed by atoms with Crippen LogP contribution in [0, 0.1) is 0 Å². The molecule has 0 aliphatic heterocycles. The minimum absolute atomic E-state index is 0.178. The summed E-state index contributed by atoms with van der Waals surface area (Å²) in [4.78, 5) is 4.12. The fourth-order valence-electron chi connectivity index (χ4n) is 1.04. The second-order valence-corrected chi connectivity index (χ2v) is 3.57. The lowest BCUT2D eigenvalue weighted by atomic mass is 10.1. The minimum Gasteiger partial charge on any atom is -0.481 e. The number of aromatic nitrogens is 1. The van der Waals surface area contributed by atoms with E-state index in [0.717, 1.165) is 0 Å². The molecular weight excluding hydrogens is 196 g/mol. The molecule has 84 valence electrons. The highest BCUT2D eigenvalue weighted by Crippen LogP contribution is 2.15. The van der Waals surface area contributed by atoms with Gasteiger partial charge in [-0.3, -0.25) is 0 Å². The van der Waals surface area contributed by atoms with Crippen LogP contribution < -0.4 is 10.1 Å². The van der Waals surface area contributed by atoms with Crippen LogP contribution in [-0.4, -0.2) is 41.1 Å². The lowest BCUT2D eigenvalue weighted by molar-refractivity contribution is 0.147. The first-order valence-electron chi connectivity index (χ1n) is 4.64. The van der Waals surface area contributed by atoms with E-state index >= 15 is 0 Å². The maximum absolute atomic E-state index is 9.09. The van der Waals surface area contributed by atoms with E-state index in [9.17, 15) is 0 Å². The largest absolute Gasteiger partial charge is 0.481 e. The van der Waals surface area contributed by atoms with Crippen molar-refractivity contribution in [2.24, 2.45) is 0 Å². The van der Waals surface area contributed by atoms with Crippen molar-refractivity contribution in [2.75, 3.05) is 25.6 Å². The van der Waals surface area contributed by atoms with E-state index in [0.29, 0.717) is 11.7 Å². The Kier molecular flexibility index (Phi) is 3.88. The van der Waals surface area contributed by atoms with Crippen LogP contribution in [0.4, 0.5) is 5.82 Å². The molecule has 0 radical (unpaired) electrons. The Morgan fingerprint density at radius 1 is 1.40 bits per heavy atom. The van der Waals surface area contributed by atoms with E-state index in [-0.39, 0.29) is 13.2 Å². The first kappa shape index (κ1) is 11.7. The van der Waals surface area contributed by atoms with Crippen molar-refractivity contribution in [2.45, 2.75) is 12.5 Å². The summed E-state index contributed by atoms with van der Waals surface area (Å²) in [6.07, 6.45) is 0. The summed E-state index contributed by atoms with van der Waals surface area (Å²) >= 11 is 0. The Bertz CT molecular complexity index is 313. The number of nitrogens with one attached hydrogen (secondary N) is 1. The molecule has 1 aromatic rings. The fraction of sp³-hybridized carbons (Fsp3) is 0.500. The standard InChI is InChI=1S/C10H16N2O3/c1-10(6-13,7-14)12-8-4-3-5-9(11-8)15-2/h3-5,13-14H,6-7H2,1-2H3,(H,11,12). The van der Waals surface area contributed by atoms with Crippen molar-refractivity contribution in [3.63, 3.8) is 0 Å². The van der Waals surface area contributed by atoms with Gasteiger partial charge in [-0.1, -0.05) is 6.07 Å². The topological polar surface area (TPSA) is 74.6 Å². The Morgan fingerprint density at radius 3 is 2.60 bits per heavy atom. The van der Waals surface area contributed by atoms with Crippen LogP contribution in [0.15, 0.2) is 18.2 Å². The number of aliphatic hydroxyl groups excluding tert-OH is 2. The van der Waals surface area contributed by atoms with Crippen LogP contribution in [0.1, 0.15) is 6.92 Å². The minimum atomic E-state index is -0.778. The Labute approximate surface area is 88.7 Å². The molecular formula is C10H16N2O3. The van der Waals surface area contributed by atoms with Gasteiger partial charge in [0.1, 0.15) is 5.82 Å². The molecule has 1 aromatic heterocycles. The van der Waals surface area contributed by atoms with E-state index < -0.39 is 5.54 Å². The molecule has 0 aliphatic carbocycles. The molecule has 0 aliphatic rings. The predicted octanol–water partition coefficient (Wildman–Crippen LogP) is 0.245. The number of pyridine rings is 1. The van der Waals surface area contributed by atoms with E-state index in [1.807, 2.05) is 0 Å². The van der Waals surface area contributed by atoms with Crippen LogP contribution in [-0.2, 0) is 0 Å². The first-order valence-corrected chi connectivity index (χ1v) is 4.64. The molecule has 1 rings (SSSR count). The lowest BCUT2D eigenvalue weighted by Crippen LogP contribution is -2.42. The maximum Gasteiger partial charge on any atom is 0.214 e. The fourth-order valence-corrected chi connectivity index (χ4v) is 1.04. The number of rotatable bonds is 5. The molecule has 0 saturated heterocycles. The van der Waals surface area contributed by atoms with Gasteiger partial charge in [0.05, 0.1) is 25.9 Å². The van der Waals surface area contributed by atoms with E-state index in [2.05, 4.69) is 10.3 Å². The van der Waals surface area contributed by atoms with Gasteiger partial charge in [0, 0.05) is 6.07 Å². The SMILES string of the molecule is COc1cccc(NC(C)(CO)CO)n1. The van der Waals surface area contributed by atoms with Gasteiger partial charge in [-0.2, -0.15) is 4.98 Å². The summed E-state index contributed by atoms with van der Waals surface area (Å²) in [6, 6.07) is 5.25. The number of aliphatic hydroxyl groups is 2. The number of ether oxygens (including phenoxy) is 1.